The molecule has 1 saturated carbocycles. The molecular weight excluding hydrogens is 378 g/mol. The van der Waals surface area contributed by atoms with E-state index in [1.807, 2.05) is 0 Å². The van der Waals surface area contributed by atoms with Crippen LogP contribution in [0.25, 0.3) is 0 Å². The number of rotatable bonds is 4. The normalized spacial score (nSPS) is 15.9. The van der Waals surface area contributed by atoms with Gasteiger partial charge in [0, 0.05) is 17.0 Å². The predicted molar refractivity (Wildman–Crippen MR) is 105 cm³/mol. The highest BCUT2D eigenvalue weighted by Crippen LogP contribution is 2.35. The fourth-order valence-electron chi connectivity index (χ4n) is 3.26. The highest BCUT2D eigenvalue weighted by atomic mass is 32.2. The van der Waals surface area contributed by atoms with Gasteiger partial charge in [0.25, 0.3) is 11.8 Å². The van der Waals surface area contributed by atoms with Crippen LogP contribution < -0.4 is 20.3 Å². The van der Waals surface area contributed by atoms with Crippen LogP contribution in [0.3, 0.4) is 0 Å². The highest BCUT2D eigenvalue weighted by Gasteiger charge is 2.21. The Morgan fingerprint density at radius 3 is 2.57 bits per heavy atom. The van der Waals surface area contributed by atoms with Crippen molar-refractivity contribution in [2.24, 2.45) is 0 Å². The first-order valence-corrected chi connectivity index (χ1v) is 10.2. The Labute approximate surface area is 167 Å². The molecule has 0 spiro atoms. The Kier molecular flexibility index (Phi) is 5.66. The third kappa shape index (κ3) is 4.22. The van der Waals surface area contributed by atoms with E-state index in [4.69, 9.17) is 9.47 Å². The summed E-state index contributed by atoms with van der Waals surface area (Å²) in [7, 11) is 0. The molecule has 1 aliphatic carbocycles. The maximum atomic E-state index is 12.6. The number of hydrogen-bond acceptors (Lipinski definition) is 6. The van der Waals surface area contributed by atoms with Crippen LogP contribution in [-0.4, -0.2) is 35.3 Å². The van der Waals surface area contributed by atoms with Crippen LogP contribution >= 0.6 is 11.8 Å². The van der Waals surface area contributed by atoms with Crippen molar-refractivity contribution in [2.75, 3.05) is 13.2 Å². The van der Waals surface area contributed by atoms with Gasteiger partial charge in [-0.25, -0.2) is 4.98 Å². The van der Waals surface area contributed by atoms with Crippen molar-refractivity contribution < 1.29 is 19.1 Å². The SMILES string of the molecule is O=C(NNC(=O)c1cccnc1SC1CCCC1)c1ccc2c(c1)OCCO2. The second kappa shape index (κ2) is 8.52. The van der Waals surface area contributed by atoms with E-state index in [-0.39, 0.29) is 5.91 Å². The van der Waals surface area contributed by atoms with Gasteiger partial charge in [0.1, 0.15) is 18.2 Å². The first-order chi connectivity index (χ1) is 13.7. The van der Waals surface area contributed by atoms with Gasteiger partial charge in [0.15, 0.2) is 11.5 Å². The van der Waals surface area contributed by atoms with E-state index in [2.05, 4.69) is 15.8 Å². The Balaban J connectivity index is 1.39. The summed E-state index contributed by atoms with van der Waals surface area (Å²) < 4.78 is 10.9. The Morgan fingerprint density at radius 2 is 1.75 bits per heavy atom. The standard InChI is InChI=1S/C20H21N3O4S/c24-18(13-7-8-16-17(12-13)27-11-10-26-16)22-23-19(25)15-6-3-9-21-20(15)28-14-4-1-2-5-14/h3,6-9,12,14H,1-2,4-5,10-11H2,(H,22,24)(H,23,25). The third-order valence-corrected chi connectivity index (χ3v) is 6.04. The lowest BCUT2D eigenvalue weighted by molar-refractivity contribution is 0.0844. The molecular formula is C20H21N3O4S. The Bertz CT molecular complexity index is 884. The topological polar surface area (TPSA) is 89.6 Å². The predicted octanol–water partition coefficient (Wildman–Crippen LogP) is 2.96. The van der Waals surface area contributed by atoms with Crippen molar-refractivity contribution in [3.8, 4) is 11.5 Å². The molecule has 1 aromatic heterocycles. The average Bonchev–Trinajstić information content (AvgIpc) is 3.25. The van der Waals surface area contributed by atoms with Crippen molar-refractivity contribution in [2.45, 2.75) is 36.0 Å². The third-order valence-electron chi connectivity index (χ3n) is 4.69. The molecule has 1 aromatic carbocycles. The van der Waals surface area contributed by atoms with E-state index in [0.29, 0.717) is 46.1 Å². The Morgan fingerprint density at radius 1 is 1.00 bits per heavy atom. The van der Waals surface area contributed by atoms with Crippen LogP contribution in [-0.2, 0) is 0 Å². The Hall–Kier alpha value is -2.74. The summed E-state index contributed by atoms with van der Waals surface area (Å²) in [5, 5.41) is 1.19. The molecule has 2 amide bonds. The first kappa shape index (κ1) is 18.6. The van der Waals surface area contributed by atoms with Crippen molar-refractivity contribution >= 4 is 23.6 Å². The van der Waals surface area contributed by atoms with Gasteiger partial charge < -0.3 is 9.47 Å². The summed E-state index contributed by atoms with van der Waals surface area (Å²) in [5.74, 6) is 0.308. The molecule has 4 rings (SSSR count). The molecule has 8 heteroatoms. The number of thioether (sulfide) groups is 1. The van der Waals surface area contributed by atoms with E-state index >= 15 is 0 Å². The molecule has 146 valence electrons. The minimum absolute atomic E-state index is 0.372. The number of pyridine rings is 1. The summed E-state index contributed by atoms with van der Waals surface area (Å²) >= 11 is 1.64. The number of hydrogen-bond donors (Lipinski definition) is 2. The summed E-state index contributed by atoms with van der Waals surface area (Å²) in [6.45, 7) is 0.929. The largest absolute Gasteiger partial charge is 0.486 e. The van der Waals surface area contributed by atoms with E-state index in [0.717, 1.165) is 12.8 Å². The zero-order valence-corrected chi connectivity index (χ0v) is 16.1. The van der Waals surface area contributed by atoms with Crippen LogP contribution in [0.1, 0.15) is 46.4 Å². The van der Waals surface area contributed by atoms with Gasteiger partial charge in [-0.05, 0) is 43.2 Å². The molecule has 2 heterocycles. The van der Waals surface area contributed by atoms with Crippen molar-refractivity contribution in [3.63, 3.8) is 0 Å². The number of amides is 2. The summed E-state index contributed by atoms with van der Waals surface area (Å²) in [5.41, 5.74) is 5.76. The van der Waals surface area contributed by atoms with Crippen LogP contribution in [0, 0.1) is 0 Å². The number of ether oxygens (including phenoxy) is 2. The second-order valence-electron chi connectivity index (χ2n) is 6.65. The van der Waals surface area contributed by atoms with Crippen LogP contribution in [0.4, 0.5) is 0 Å². The molecule has 0 saturated heterocycles. The minimum Gasteiger partial charge on any atom is -0.486 e. The van der Waals surface area contributed by atoms with Gasteiger partial charge in [-0.2, -0.15) is 0 Å². The molecule has 0 radical (unpaired) electrons. The molecule has 28 heavy (non-hydrogen) atoms. The maximum Gasteiger partial charge on any atom is 0.272 e. The maximum absolute atomic E-state index is 12.6. The average molecular weight is 399 g/mol. The number of fused-ring (bicyclic) bond motifs is 1. The van der Waals surface area contributed by atoms with Gasteiger partial charge in [0.2, 0.25) is 0 Å². The van der Waals surface area contributed by atoms with Gasteiger partial charge in [-0.3, -0.25) is 20.4 Å². The summed E-state index contributed by atoms with van der Waals surface area (Å²) in [6, 6.07) is 8.34. The molecule has 1 fully saturated rings. The fraction of sp³-hybridized carbons (Fsp3) is 0.350. The van der Waals surface area contributed by atoms with Gasteiger partial charge in [-0.1, -0.05) is 12.8 Å². The molecule has 2 aromatic rings. The smallest absolute Gasteiger partial charge is 0.272 e. The number of hydrazine groups is 1. The monoisotopic (exact) mass is 399 g/mol. The van der Waals surface area contributed by atoms with Gasteiger partial charge in [-0.15, -0.1) is 11.8 Å². The first-order valence-electron chi connectivity index (χ1n) is 9.33. The second-order valence-corrected chi connectivity index (χ2v) is 7.94. The summed E-state index contributed by atoms with van der Waals surface area (Å²) in [6.07, 6.45) is 6.41. The molecule has 0 unspecified atom stereocenters. The van der Waals surface area contributed by atoms with E-state index in [1.54, 1.807) is 48.3 Å². The minimum atomic E-state index is -0.431. The van der Waals surface area contributed by atoms with E-state index < -0.39 is 5.91 Å². The van der Waals surface area contributed by atoms with Gasteiger partial charge >= 0.3 is 0 Å². The van der Waals surface area contributed by atoms with Gasteiger partial charge in [0.05, 0.1) is 5.56 Å². The van der Waals surface area contributed by atoms with Crippen LogP contribution in [0.5, 0.6) is 11.5 Å². The lowest BCUT2D eigenvalue weighted by atomic mass is 10.2. The molecule has 0 bridgehead atoms. The zero-order chi connectivity index (χ0) is 19.3. The fourth-order valence-corrected chi connectivity index (χ4v) is 4.55. The number of carbonyl (C=O) groups is 2. The van der Waals surface area contributed by atoms with Crippen molar-refractivity contribution in [1.29, 1.82) is 0 Å². The number of nitrogens with zero attached hydrogens (tertiary/aromatic N) is 1. The number of carbonyl (C=O) groups excluding carboxylic acids is 2. The van der Waals surface area contributed by atoms with E-state index in [9.17, 15) is 9.59 Å². The number of aromatic nitrogens is 1. The molecule has 0 atom stereocenters. The lowest BCUT2D eigenvalue weighted by Crippen LogP contribution is -2.41. The highest BCUT2D eigenvalue weighted by molar-refractivity contribution is 7.99. The molecule has 2 N–H and O–H groups in total. The molecule has 1 aliphatic heterocycles. The summed E-state index contributed by atoms with van der Waals surface area (Å²) in [4.78, 5) is 29.3. The zero-order valence-electron chi connectivity index (χ0n) is 15.3. The number of nitrogens with one attached hydrogen (secondary N) is 2. The van der Waals surface area contributed by atoms with Crippen LogP contribution in [0.15, 0.2) is 41.6 Å². The quantitative estimate of drug-likeness (QED) is 0.769. The van der Waals surface area contributed by atoms with E-state index in [1.165, 1.54) is 12.8 Å². The number of benzene rings is 1. The lowest BCUT2D eigenvalue weighted by Gasteiger charge is -2.18. The van der Waals surface area contributed by atoms with Crippen LogP contribution in [0.2, 0.25) is 0 Å². The van der Waals surface area contributed by atoms with Crippen molar-refractivity contribution in [1.82, 2.24) is 15.8 Å². The molecule has 2 aliphatic rings. The molecule has 7 nitrogen and oxygen atoms in total. The van der Waals surface area contributed by atoms with Crippen molar-refractivity contribution in [3.05, 3.63) is 47.7 Å².